The SMILES string of the molecule is CCc1[nH]nc(C(=O)N(C)Cc2csc(Br)c2)c1N. The fourth-order valence-electron chi connectivity index (χ4n) is 1.77. The number of nitrogen functional groups attached to an aromatic ring is 1. The third-order valence-electron chi connectivity index (χ3n) is 2.83. The number of thiophene rings is 1. The molecule has 0 aliphatic heterocycles. The number of aromatic nitrogens is 2. The van der Waals surface area contributed by atoms with E-state index in [9.17, 15) is 4.79 Å². The van der Waals surface area contributed by atoms with Crippen LogP contribution < -0.4 is 5.73 Å². The van der Waals surface area contributed by atoms with Crippen LogP contribution in [0.25, 0.3) is 0 Å². The van der Waals surface area contributed by atoms with E-state index in [4.69, 9.17) is 5.73 Å². The van der Waals surface area contributed by atoms with Gasteiger partial charge in [-0.15, -0.1) is 11.3 Å². The van der Waals surface area contributed by atoms with Crippen molar-refractivity contribution in [3.8, 4) is 0 Å². The molecule has 5 nitrogen and oxygen atoms in total. The smallest absolute Gasteiger partial charge is 0.276 e. The second-order valence-electron chi connectivity index (χ2n) is 4.24. The second kappa shape index (κ2) is 5.75. The lowest BCUT2D eigenvalue weighted by Gasteiger charge is -2.15. The van der Waals surface area contributed by atoms with Crippen molar-refractivity contribution in [1.82, 2.24) is 15.1 Å². The molecule has 2 aromatic heterocycles. The molecule has 1 amide bonds. The molecule has 2 heterocycles. The van der Waals surface area contributed by atoms with Crippen LogP contribution in [0.5, 0.6) is 0 Å². The highest BCUT2D eigenvalue weighted by Gasteiger charge is 2.20. The summed E-state index contributed by atoms with van der Waals surface area (Å²) < 4.78 is 1.05. The number of carbonyl (C=O) groups is 1. The lowest BCUT2D eigenvalue weighted by Crippen LogP contribution is -2.27. The number of aromatic amines is 1. The van der Waals surface area contributed by atoms with Crippen LogP contribution in [0, 0.1) is 0 Å². The average Bonchev–Trinajstić information content (AvgIpc) is 2.94. The lowest BCUT2D eigenvalue weighted by atomic mass is 10.2. The Bertz CT molecular complexity index is 592. The van der Waals surface area contributed by atoms with Crippen molar-refractivity contribution in [3.05, 3.63) is 32.2 Å². The first-order valence-corrected chi connectivity index (χ1v) is 7.51. The summed E-state index contributed by atoms with van der Waals surface area (Å²) in [7, 11) is 1.74. The normalized spacial score (nSPS) is 10.7. The first kappa shape index (κ1) is 14.1. The molecule has 0 aromatic carbocycles. The maximum Gasteiger partial charge on any atom is 0.276 e. The van der Waals surface area contributed by atoms with E-state index in [1.54, 1.807) is 23.3 Å². The van der Waals surface area contributed by atoms with Gasteiger partial charge in [-0.3, -0.25) is 9.89 Å². The topological polar surface area (TPSA) is 75.0 Å². The van der Waals surface area contributed by atoms with Gasteiger partial charge in [0.15, 0.2) is 5.69 Å². The number of anilines is 1. The highest BCUT2D eigenvalue weighted by atomic mass is 79.9. The largest absolute Gasteiger partial charge is 0.395 e. The minimum Gasteiger partial charge on any atom is -0.395 e. The van der Waals surface area contributed by atoms with Crippen molar-refractivity contribution in [2.45, 2.75) is 19.9 Å². The molecule has 0 aliphatic carbocycles. The summed E-state index contributed by atoms with van der Waals surface area (Å²) in [4.78, 5) is 13.9. The van der Waals surface area contributed by atoms with Crippen LogP contribution in [0.3, 0.4) is 0 Å². The minimum atomic E-state index is -0.171. The van der Waals surface area contributed by atoms with Crippen molar-refractivity contribution in [1.29, 1.82) is 0 Å². The summed E-state index contributed by atoms with van der Waals surface area (Å²) in [5.74, 6) is -0.171. The number of halogens is 1. The van der Waals surface area contributed by atoms with Crippen molar-refractivity contribution < 1.29 is 4.79 Å². The summed E-state index contributed by atoms with van der Waals surface area (Å²) >= 11 is 5.00. The number of hydrogen-bond acceptors (Lipinski definition) is 4. The Morgan fingerprint density at radius 3 is 2.89 bits per heavy atom. The highest BCUT2D eigenvalue weighted by Crippen LogP contribution is 2.22. The molecule has 0 saturated heterocycles. The molecule has 0 spiro atoms. The van der Waals surface area contributed by atoms with Gasteiger partial charge in [-0.1, -0.05) is 6.92 Å². The minimum absolute atomic E-state index is 0.171. The summed E-state index contributed by atoms with van der Waals surface area (Å²) in [5.41, 5.74) is 8.53. The Morgan fingerprint density at radius 2 is 2.37 bits per heavy atom. The molecule has 0 unspecified atom stereocenters. The number of amides is 1. The third-order valence-corrected chi connectivity index (χ3v) is 4.38. The molecule has 0 saturated carbocycles. The van der Waals surface area contributed by atoms with E-state index in [-0.39, 0.29) is 5.91 Å². The van der Waals surface area contributed by atoms with Gasteiger partial charge in [-0.25, -0.2) is 0 Å². The lowest BCUT2D eigenvalue weighted by molar-refractivity contribution is 0.0780. The van der Waals surface area contributed by atoms with E-state index in [1.807, 2.05) is 18.4 Å². The molecule has 19 heavy (non-hydrogen) atoms. The monoisotopic (exact) mass is 342 g/mol. The zero-order valence-corrected chi connectivity index (χ0v) is 13.1. The van der Waals surface area contributed by atoms with Gasteiger partial charge in [-0.05, 0) is 39.4 Å². The Hall–Kier alpha value is -1.34. The van der Waals surface area contributed by atoms with Gasteiger partial charge >= 0.3 is 0 Å². The van der Waals surface area contributed by atoms with E-state index in [0.29, 0.717) is 17.9 Å². The number of carbonyl (C=O) groups excluding carboxylic acids is 1. The van der Waals surface area contributed by atoms with E-state index in [2.05, 4.69) is 26.1 Å². The van der Waals surface area contributed by atoms with Gasteiger partial charge in [0.05, 0.1) is 15.2 Å². The van der Waals surface area contributed by atoms with Crippen molar-refractivity contribution in [2.75, 3.05) is 12.8 Å². The first-order chi connectivity index (χ1) is 9.02. The van der Waals surface area contributed by atoms with E-state index >= 15 is 0 Å². The second-order valence-corrected chi connectivity index (χ2v) is 6.53. The Balaban J connectivity index is 2.12. The zero-order valence-electron chi connectivity index (χ0n) is 10.7. The molecule has 0 fully saturated rings. The molecule has 3 N–H and O–H groups in total. The Labute approximate surface area is 123 Å². The molecular weight excluding hydrogens is 328 g/mol. The van der Waals surface area contributed by atoms with Crippen LogP contribution in [-0.2, 0) is 13.0 Å². The average molecular weight is 343 g/mol. The quantitative estimate of drug-likeness (QED) is 0.896. The van der Waals surface area contributed by atoms with Crippen LogP contribution in [0.2, 0.25) is 0 Å². The van der Waals surface area contributed by atoms with Gasteiger partial charge in [-0.2, -0.15) is 5.10 Å². The predicted octanol–water partition coefficient (Wildman–Crippen LogP) is 2.65. The summed E-state index contributed by atoms with van der Waals surface area (Å²) in [6.45, 7) is 2.50. The van der Waals surface area contributed by atoms with Crippen LogP contribution in [0.15, 0.2) is 15.2 Å². The van der Waals surface area contributed by atoms with Crippen molar-refractivity contribution in [2.24, 2.45) is 0 Å². The van der Waals surface area contributed by atoms with Crippen LogP contribution in [0.4, 0.5) is 5.69 Å². The zero-order chi connectivity index (χ0) is 14.0. The number of aryl methyl sites for hydroxylation is 1. The van der Waals surface area contributed by atoms with Gasteiger partial charge in [0.1, 0.15) is 0 Å². The van der Waals surface area contributed by atoms with Crippen LogP contribution in [-0.4, -0.2) is 28.1 Å². The molecule has 7 heteroatoms. The number of H-pyrrole nitrogens is 1. The fourth-order valence-corrected chi connectivity index (χ4v) is 2.97. The third kappa shape index (κ3) is 2.98. The summed E-state index contributed by atoms with van der Waals surface area (Å²) in [6.07, 6.45) is 0.729. The van der Waals surface area contributed by atoms with Crippen LogP contribution >= 0.6 is 27.3 Å². The molecule has 102 valence electrons. The van der Waals surface area contributed by atoms with E-state index < -0.39 is 0 Å². The number of nitrogens with zero attached hydrogens (tertiary/aromatic N) is 2. The number of nitrogens with one attached hydrogen (secondary N) is 1. The fraction of sp³-hybridized carbons (Fsp3) is 0.333. The highest BCUT2D eigenvalue weighted by molar-refractivity contribution is 9.11. The molecule has 0 bridgehead atoms. The summed E-state index contributed by atoms with van der Waals surface area (Å²) in [6, 6.07) is 2.00. The van der Waals surface area contributed by atoms with Gasteiger partial charge < -0.3 is 10.6 Å². The maximum absolute atomic E-state index is 12.3. The molecule has 0 radical (unpaired) electrons. The van der Waals surface area contributed by atoms with Crippen molar-refractivity contribution >= 4 is 38.9 Å². The Morgan fingerprint density at radius 1 is 1.63 bits per heavy atom. The summed E-state index contributed by atoms with van der Waals surface area (Å²) in [5, 5.41) is 8.82. The van der Waals surface area contributed by atoms with E-state index in [1.165, 1.54) is 0 Å². The molecule has 0 aliphatic rings. The van der Waals surface area contributed by atoms with Gasteiger partial charge in [0, 0.05) is 13.6 Å². The maximum atomic E-state index is 12.3. The Kier molecular flexibility index (Phi) is 4.26. The van der Waals surface area contributed by atoms with Crippen LogP contribution in [0.1, 0.15) is 28.7 Å². The standard InChI is InChI=1S/C12H15BrN4OS/c1-3-8-10(14)11(16-15-8)12(18)17(2)5-7-4-9(13)19-6-7/h4,6H,3,5,14H2,1-2H3,(H,15,16). The number of rotatable bonds is 4. The van der Waals surface area contributed by atoms with Gasteiger partial charge in [0.2, 0.25) is 0 Å². The molecule has 2 rings (SSSR count). The number of hydrogen-bond donors (Lipinski definition) is 2. The predicted molar refractivity (Wildman–Crippen MR) is 80.2 cm³/mol. The van der Waals surface area contributed by atoms with Crippen molar-refractivity contribution in [3.63, 3.8) is 0 Å². The first-order valence-electron chi connectivity index (χ1n) is 5.84. The van der Waals surface area contributed by atoms with E-state index in [0.717, 1.165) is 21.5 Å². The van der Waals surface area contributed by atoms with Gasteiger partial charge in [0.25, 0.3) is 5.91 Å². The molecule has 2 aromatic rings. The molecular formula is C12H15BrN4OS. The number of nitrogens with two attached hydrogens (primary N) is 1. The molecule has 0 atom stereocenters.